The lowest BCUT2D eigenvalue weighted by Gasteiger charge is -2.13. The number of nitrogens with one attached hydrogen (secondary N) is 3. The highest BCUT2D eigenvalue weighted by Gasteiger charge is 2.13. The molecule has 4 N–H and O–H groups in total. The topological polar surface area (TPSA) is 108 Å². The van der Waals surface area contributed by atoms with Gasteiger partial charge in [-0.1, -0.05) is 48.0 Å². The third kappa shape index (κ3) is 7.43. The zero-order valence-corrected chi connectivity index (χ0v) is 16.4. The number of aliphatic hydroxyl groups excluding tert-OH is 1. The van der Waals surface area contributed by atoms with Crippen molar-refractivity contribution in [1.29, 1.82) is 0 Å². The summed E-state index contributed by atoms with van der Waals surface area (Å²) in [6.07, 6.45) is -1.13. The van der Waals surface area contributed by atoms with Crippen LogP contribution in [0.15, 0.2) is 48.5 Å². The molecular formula is C18H21ClFN3O4S. The number of halogens is 2. The molecule has 0 bridgehead atoms. The molecule has 2 aromatic rings. The number of rotatable bonds is 9. The van der Waals surface area contributed by atoms with Gasteiger partial charge in [-0.2, -0.15) is 0 Å². The third-order valence-corrected chi connectivity index (χ3v) is 5.41. The average molecular weight is 430 g/mol. The summed E-state index contributed by atoms with van der Waals surface area (Å²) in [5, 5.41) is 14.7. The lowest BCUT2D eigenvalue weighted by Crippen LogP contribution is -2.41. The van der Waals surface area contributed by atoms with Crippen LogP contribution in [0, 0.1) is 5.82 Å². The van der Waals surface area contributed by atoms with E-state index in [0.717, 1.165) is 11.6 Å². The second kappa shape index (κ2) is 10.4. The van der Waals surface area contributed by atoms with Crippen LogP contribution in [0.4, 0.5) is 9.18 Å². The summed E-state index contributed by atoms with van der Waals surface area (Å²) in [4.78, 5) is 11.7. The molecule has 0 aromatic heterocycles. The molecule has 0 heterocycles. The number of amides is 2. The SMILES string of the molecule is O=C(NCCS(=O)(=O)NCc1ccccc1)NCC(O)c1ccc(Cl)c(F)c1. The van der Waals surface area contributed by atoms with Crippen molar-refractivity contribution in [1.82, 2.24) is 15.4 Å². The first-order valence-electron chi connectivity index (χ1n) is 8.43. The Hall–Kier alpha value is -2.20. The smallest absolute Gasteiger partial charge is 0.314 e. The molecule has 0 radical (unpaired) electrons. The van der Waals surface area contributed by atoms with Crippen molar-refractivity contribution in [2.75, 3.05) is 18.8 Å². The van der Waals surface area contributed by atoms with E-state index in [1.54, 1.807) is 12.1 Å². The lowest BCUT2D eigenvalue weighted by molar-refractivity contribution is 0.173. The quantitative estimate of drug-likeness (QED) is 0.488. The van der Waals surface area contributed by atoms with E-state index in [2.05, 4.69) is 15.4 Å². The van der Waals surface area contributed by atoms with Crippen molar-refractivity contribution in [2.24, 2.45) is 0 Å². The third-order valence-electron chi connectivity index (χ3n) is 3.78. The molecule has 152 valence electrons. The van der Waals surface area contributed by atoms with Gasteiger partial charge in [0.15, 0.2) is 0 Å². The van der Waals surface area contributed by atoms with E-state index >= 15 is 0 Å². The molecule has 0 fully saturated rings. The Kier molecular flexibility index (Phi) is 8.18. The number of carbonyl (C=O) groups excluding carboxylic acids is 1. The number of carbonyl (C=O) groups is 1. The molecule has 10 heteroatoms. The Balaban J connectivity index is 1.69. The minimum atomic E-state index is -3.55. The second-order valence-electron chi connectivity index (χ2n) is 5.95. The number of urea groups is 1. The van der Waals surface area contributed by atoms with Crippen molar-refractivity contribution in [2.45, 2.75) is 12.6 Å². The van der Waals surface area contributed by atoms with E-state index in [9.17, 15) is 22.7 Å². The number of benzene rings is 2. The van der Waals surface area contributed by atoms with Gasteiger partial charge in [0, 0.05) is 19.6 Å². The summed E-state index contributed by atoms with van der Waals surface area (Å²) in [5.74, 6) is -0.964. The van der Waals surface area contributed by atoms with Gasteiger partial charge < -0.3 is 15.7 Å². The Morgan fingerprint density at radius 2 is 1.86 bits per heavy atom. The summed E-state index contributed by atoms with van der Waals surface area (Å²) < 4.78 is 39.7. The van der Waals surface area contributed by atoms with Crippen LogP contribution in [0.2, 0.25) is 5.02 Å². The summed E-state index contributed by atoms with van der Waals surface area (Å²) >= 11 is 5.57. The summed E-state index contributed by atoms with van der Waals surface area (Å²) in [7, 11) is -3.55. The van der Waals surface area contributed by atoms with Gasteiger partial charge in [0.1, 0.15) is 5.82 Å². The van der Waals surface area contributed by atoms with Gasteiger partial charge in [-0.15, -0.1) is 0 Å². The molecule has 1 unspecified atom stereocenters. The Morgan fingerprint density at radius 1 is 1.14 bits per heavy atom. The number of hydrogen-bond donors (Lipinski definition) is 4. The van der Waals surface area contributed by atoms with Crippen LogP contribution in [0.1, 0.15) is 17.2 Å². The van der Waals surface area contributed by atoms with E-state index in [0.29, 0.717) is 0 Å². The minimum absolute atomic E-state index is 0.0660. The fourth-order valence-corrected chi connectivity index (χ4v) is 3.27. The molecule has 0 aliphatic heterocycles. The van der Waals surface area contributed by atoms with Crippen molar-refractivity contribution < 1.29 is 22.7 Å². The summed E-state index contributed by atoms with van der Waals surface area (Å²) in [6, 6.07) is 12.2. The van der Waals surface area contributed by atoms with Crippen LogP contribution in [0.5, 0.6) is 0 Å². The second-order valence-corrected chi connectivity index (χ2v) is 8.29. The first-order chi connectivity index (χ1) is 13.3. The zero-order chi connectivity index (χ0) is 20.6. The Bertz CT molecular complexity index is 897. The molecule has 0 aliphatic carbocycles. The van der Waals surface area contributed by atoms with Gasteiger partial charge >= 0.3 is 6.03 Å². The van der Waals surface area contributed by atoms with Gasteiger partial charge in [0.05, 0.1) is 16.9 Å². The van der Waals surface area contributed by atoms with E-state index in [4.69, 9.17) is 11.6 Å². The molecule has 2 aromatic carbocycles. The highest BCUT2D eigenvalue weighted by molar-refractivity contribution is 7.89. The standard InChI is InChI=1S/C18H21ClFN3O4S/c19-15-7-6-14(10-16(15)20)17(24)12-22-18(25)21-8-9-28(26,27)23-11-13-4-2-1-3-5-13/h1-7,10,17,23-24H,8-9,11-12H2,(H2,21,22,25). The average Bonchev–Trinajstić information content (AvgIpc) is 2.67. The Morgan fingerprint density at radius 3 is 2.54 bits per heavy atom. The maximum absolute atomic E-state index is 13.4. The maximum Gasteiger partial charge on any atom is 0.314 e. The van der Waals surface area contributed by atoms with E-state index < -0.39 is 28.0 Å². The van der Waals surface area contributed by atoms with Crippen molar-refractivity contribution in [3.8, 4) is 0 Å². The van der Waals surface area contributed by atoms with Crippen LogP contribution in [0.3, 0.4) is 0 Å². The van der Waals surface area contributed by atoms with Crippen molar-refractivity contribution >= 4 is 27.7 Å². The monoisotopic (exact) mass is 429 g/mol. The van der Waals surface area contributed by atoms with Crippen LogP contribution < -0.4 is 15.4 Å². The molecule has 1 atom stereocenters. The van der Waals surface area contributed by atoms with E-state index in [1.807, 2.05) is 18.2 Å². The van der Waals surface area contributed by atoms with Crippen LogP contribution in [0.25, 0.3) is 0 Å². The predicted molar refractivity (Wildman–Crippen MR) is 105 cm³/mol. The number of aliphatic hydroxyl groups is 1. The van der Waals surface area contributed by atoms with Crippen LogP contribution in [-0.2, 0) is 16.6 Å². The number of sulfonamides is 1. The zero-order valence-electron chi connectivity index (χ0n) is 14.9. The molecular weight excluding hydrogens is 409 g/mol. The fraction of sp³-hybridized carbons (Fsp3) is 0.278. The van der Waals surface area contributed by atoms with E-state index in [-0.39, 0.29) is 36.0 Å². The molecule has 2 rings (SSSR count). The first-order valence-corrected chi connectivity index (χ1v) is 10.5. The number of hydrogen-bond acceptors (Lipinski definition) is 4. The van der Waals surface area contributed by atoms with Crippen molar-refractivity contribution in [3.63, 3.8) is 0 Å². The highest BCUT2D eigenvalue weighted by atomic mass is 35.5. The van der Waals surface area contributed by atoms with Crippen LogP contribution in [-0.4, -0.2) is 38.4 Å². The van der Waals surface area contributed by atoms with Crippen molar-refractivity contribution in [3.05, 3.63) is 70.5 Å². The predicted octanol–water partition coefficient (Wildman–Crippen LogP) is 1.93. The first kappa shape index (κ1) is 22.1. The van der Waals surface area contributed by atoms with Gasteiger partial charge in [0.2, 0.25) is 10.0 Å². The molecule has 0 aliphatic rings. The largest absolute Gasteiger partial charge is 0.387 e. The van der Waals surface area contributed by atoms with Crippen LogP contribution >= 0.6 is 11.6 Å². The minimum Gasteiger partial charge on any atom is -0.387 e. The van der Waals surface area contributed by atoms with E-state index in [1.165, 1.54) is 12.1 Å². The molecule has 0 spiro atoms. The highest BCUT2D eigenvalue weighted by Crippen LogP contribution is 2.19. The summed E-state index contributed by atoms with van der Waals surface area (Å²) in [6.45, 7) is -0.118. The fourth-order valence-electron chi connectivity index (χ4n) is 2.25. The summed E-state index contributed by atoms with van der Waals surface area (Å²) in [5.41, 5.74) is 1.08. The molecule has 0 saturated heterocycles. The molecule has 0 saturated carbocycles. The normalized spacial score (nSPS) is 12.4. The van der Waals surface area contributed by atoms with Gasteiger partial charge in [-0.25, -0.2) is 22.3 Å². The molecule has 28 heavy (non-hydrogen) atoms. The van der Waals surface area contributed by atoms with Gasteiger partial charge in [0.25, 0.3) is 0 Å². The van der Waals surface area contributed by atoms with Gasteiger partial charge in [-0.3, -0.25) is 0 Å². The maximum atomic E-state index is 13.4. The lowest BCUT2D eigenvalue weighted by atomic mass is 10.1. The molecule has 2 amide bonds. The van der Waals surface area contributed by atoms with Gasteiger partial charge in [-0.05, 0) is 23.3 Å². The molecule has 7 nitrogen and oxygen atoms in total. The Labute approximate surface area is 168 Å².